The van der Waals surface area contributed by atoms with Gasteiger partial charge in [-0.25, -0.2) is 0 Å². The molecule has 7 heteroatoms. The lowest BCUT2D eigenvalue weighted by atomic mass is 10.1. The first-order valence-electron chi connectivity index (χ1n) is 4.76. The molecule has 0 aliphatic heterocycles. The van der Waals surface area contributed by atoms with Crippen LogP contribution in [0.25, 0.3) is 0 Å². The summed E-state index contributed by atoms with van der Waals surface area (Å²) < 4.78 is 7.23. The molecule has 0 aliphatic rings. The molecule has 0 unspecified atom stereocenters. The fourth-order valence-corrected chi connectivity index (χ4v) is 0.754. The number of nitrogens with one attached hydrogen (secondary N) is 1. The summed E-state index contributed by atoms with van der Waals surface area (Å²) in [4.78, 5) is 32.2. The highest BCUT2D eigenvalue weighted by Gasteiger charge is 2.16. The standard InChI is InChI=1S/C8H15N3O4/c1-4(8(14)15)11-6(12)3-2-5(9)7(10)13/h4-5H,2-3,9H2,1H3,(H2,10,13)(H,11,12)(H,14,15)/t4-,5+/m0/s1/i4D. The summed E-state index contributed by atoms with van der Waals surface area (Å²) >= 11 is 0. The number of carbonyl (C=O) groups excluding carboxylic acids is 2. The van der Waals surface area contributed by atoms with Crippen LogP contribution in [0.1, 0.15) is 21.1 Å². The lowest BCUT2D eigenvalue weighted by Crippen LogP contribution is -2.41. The Hall–Kier alpha value is -1.63. The van der Waals surface area contributed by atoms with Crippen molar-refractivity contribution >= 4 is 17.8 Å². The number of hydrogen-bond acceptors (Lipinski definition) is 4. The average molecular weight is 218 g/mol. The molecule has 0 aromatic carbocycles. The summed E-state index contributed by atoms with van der Waals surface area (Å²) in [6.07, 6.45) is -0.150. The molecule has 0 aromatic heterocycles. The molecule has 0 aliphatic carbocycles. The van der Waals surface area contributed by atoms with Crippen molar-refractivity contribution in [3.8, 4) is 0 Å². The number of hydrogen-bond donors (Lipinski definition) is 4. The first-order chi connectivity index (χ1) is 7.16. The highest BCUT2D eigenvalue weighted by molar-refractivity contribution is 5.84. The zero-order valence-corrected chi connectivity index (χ0v) is 8.32. The Labute approximate surface area is 88.2 Å². The molecule has 0 saturated heterocycles. The maximum Gasteiger partial charge on any atom is 0.325 e. The minimum absolute atomic E-state index is 0.0108. The molecule has 7 nitrogen and oxygen atoms in total. The first kappa shape index (κ1) is 11.4. The molecule has 6 N–H and O–H groups in total. The van der Waals surface area contributed by atoms with Gasteiger partial charge < -0.3 is 21.9 Å². The molecule has 15 heavy (non-hydrogen) atoms. The Morgan fingerprint density at radius 2 is 2.07 bits per heavy atom. The Morgan fingerprint density at radius 1 is 1.53 bits per heavy atom. The van der Waals surface area contributed by atoms with Crippen molar-refractivity contribution in [1.29, 1.82) is 0 Å². The van der Waals surface area contributed by atoms with Gasteiger partial charge in [0.2, 0.25) is 11.8 Å². The van der Waals surface area contributed by atoms with Gasteiger partial charge in [-0.05, 0) is 13.3 Å². The number of amides is 2. The number of carbonyl (C=O) groups is 3. The van der Waals surface area contributed by atoms with Crippen LogP contribution in [0.3, 0.4) is 0 Å². The van der Waals surface area contributed by atoms with Gasteiger partial charge in [0, 0.05) is 6.42 Å². The maximum atomic E-state index is 11.2. The van der Waals surface area contributed by atoms with Gasteiger partial charge in [0.25, 0.3) is 0 Å². The van der Waals surface area contributed by atoms with E-state index in [0.717, 1.165) is 6.92 Å². The summed E-state index contributed by atoms with van der Waals surface area (Å²) in [5.74, 6) is -2.88. The van der Waals surface area contributed by atoms with Crippen LogP contribution >= 0.6 is 0 Å². The average Bonchev–Trinajstić information content (AvgIpc) is 2.12. The van der Waals surface area contributed by atoms with Crippen LogP contribution in [0.2, 0.25) is 0 Å². The largest absolute Gasteiger partial charge is 0.480 e. The van der Waals surface area contributed by atoms with E-state index in [2.05, 4.69) is 0 Å². The van der Waals surface area contributed by atoms with Crippen LogP contribution < -0.4 is 16.8 Å². The SMILES string of the molecule is [2H][C@@](C)(NC(=O)CC[C@@H](N)C(N)=O)C(=O)O. The smallest absolute Gasteiger partial charge is 0.325 e. The van der Waals surface area contributed by atoms with E-state index in [9.17, 15) is 14.4 Å². The van der Waals surface area contributed by atoms with E-state index in [1.807, 2.05) is 5.32 Å². The van der Waals surface area contributed by atoms with Gasteiger partial charge >= 0.3 is 5.97 Å². The van der Waals surface area contributed by atoms with E-state index in [1.54, 1.807) is 0 Å². The van der Waals surface area contributed by atoms with Gasteiger partial charge in [0.05, 0.1) is 7.41 Å². The van der Waals surface area contributed by atoms with Gasteiger partial charge in [-0.3, -0.25) is 14.4 Å². The van der Waals surface area contributed by atoms with Crippen LogP contribution in [0.15, 0.2) is 0 Å². The number of aliphatic carboxylic acids is 1. The Morgan fingerprint density at radius 3 is 2.47 bits per heavy atom. The van der Waals surface area contributed by atoms with Gasteiger partial charge in [0.1, 0.15) is 6.02 Å². The zero-order chi connectivity index (χ0) is 12.9. The number of nitrogens with two attached hydrogens (primary N) is 2. The second-order valence-electron chi connectivity index (χ2n) is 3.03. The van der Waals surface area contributed by atoms with E-state index in [0.29, 0.717) is 0 Å². The molecule has 0 bridgehead atoms. The molecular weight excluding hydrogens is 202 g/mol. The van der Waals surface area contributed by atoms with E-state index in [4.69, 9.17) is 17.9 Å². The van der Waals surface area contributed by atoms with Gasteiger partial charge in [0.15, 0.2) is 0 Å². The molecule has 0 saturated carbocycles. The zero-order valence-electron chi connectivity index (χ0n) is 9.32. The minimum Gasteiger partial charge on any atom is -0.480 e. The van der Waals surface area contributed by atoms with E-state index in [-0.39, 0.29) is 12.8 Å². The van der Waals surface area contributed by atoms with Crippen molar-refractivity contribution in [1.82, 2.24) is 5.32 Å². The van der Waals surface area contributed by atoms with Crippen LogP contribution in [0.5, 0.6) is 0 Å². The molecule has 0 spiro atoms. The number of carboxylic acids is 1. The second-order valence-corrected chi connectivity index (χ2v) is 3.03. The third kappa shape index (κ3) is 5.63. The molecule has 0 radical (unpaired) electrons. The van der Waals surface area contributed by atoms with E-state index >= 15 is 0 Å². The topological polar surface area (TPSA) is 136 Å². The third-order valence-electron chi connectivity index (χ3n) is 1.70. The molecule has 0 aromatic rings. The van der Waals surface area contributed by atoms with Crippen molar-refractivity contribution in [3.05, 3.63) is 0 Å². The van der Waals surface area contributed by atoms with Crippen LogP contribution in [-0.2, 0) is 14.4 Å². The number of carboxylic acid groups (broad SMARTS) is 1. The normalized spacial score (nSPS) is 17.1. The lowest BCUT2D eigenvalue weighted by Gasteiger charge is -2.10. The lowest BCUT2D eigenvalue weighted by molar-refractivity contribution is -0.141. The summed E-state index contributed by atoms with van der Waals surface area (Å²) in [5.41, 5.74) is 10.1. The second kappa shape index (κ2) is 5.97. The minimum atomic E-state index is -2.09. The number of rotatable bonds is 6. The summed E-state index contributed by atoms with van der Waals surface area (Å²) in [7, 11) is 0. The summed E-state index contributed by atoms with van der Waals surface area (Å²) in [6.45, 7) is 1.03. The van der Waals surface area contributed by atoms with Gasteiger partial charge in [-0.2, -0.15) is 0 Å². The molecule has 0 fully saturated rings. The highest BCUT2D eigenvalue weighted by Crippen LogP contribution is 1.94. The third-order valence-corrected chi connectivity index (χ3v) is 1.70. The van der Waals surface area contributed by atoms with Crippen molar-refractivity contribution < 1.29 is 20.9 Å². The maximum absolute atomic E-state index is 11.2. The Kier molecular flexibility index (Phi) is 4.55. The van der Waals surface area contributed by atoms with Crippen molar-refractivity contribution in [2.75, 3.05) is 0 Å². The van der Waals surface area contributed by atoms with Crippen LogP contribution in [0.4, 0.5) is 0 Å². The monoisotopic (exact) mass is 218 g/mol. The molecule has 2 atom stereocenters. The molecule has 86 valence electrons. The molecule has 0 rings (SSSR count). The highest BCUT2D eigenvalue weighted by atomic mass is 16.4. The first-order valence-corrected chi connectivity index (χ1v) is 4.26. The van der Waals surface area contributed by atoms with Crippen LogP contribution in [0, 0.1) is 0 Å². The Bertz CT molecular complexity index is 306. The van der Waals surface area contributed by atoms with Gasteiger partial charge in [-0.15, -0.1) is 0 Å². The molecular formula is C8H15N3O4. The van der Waals surface area contributed by atoms with Gasteiger partial charge in [-0.1, -0.05) is 0 Å². The van der Waals surface area contributed by atoms with E-state index < -0.39 is 29.8 Å². The van der Waals surface area contributed by atoms with Crippen molar-refractivity contribution in [2.24, 2.45) is 11.5 Å². The molecule has 2 amide bonds. The Balaban J connectivity index is 4.11. The quantitative estimate of drug-likeness (QED) is 0.415. The van der Waals surface area contributed by atoms with E-state index in [1.165, 1.54) is 0 Å². The predicted molar refractivity (Wildman–Crippen MR) is 51.6 cm³/mol. The van der Waals surface area contributed by atoms with Crippen molar-refractivity contribution in [3.63, 3.8) is 0 Å². The summed E-state index contributed by atoms with van der Waals surface area (Å²) in [5, 5.41) is 10.5. The van der Waals surface area contributed by atoms with Crippen LogP contribution in [-0.4, -0.2) is 34.9 Å². The summed E-state index contributed by atoms with van der Waals surface area (Å²) in [6, 6.07) is -3.04. The predicted octanol–water partition coefficient (Wildman–Crippen LogP) is -1.83. The fraction of sp³-hybridized carbons (Fsp3) is 0.625. The fourth-order valence-electron chi connectivity index (χ4n) is 0.754. The number of primary amides is 1. The van der Waals surface area contributed by atoms with Crippen molar-refractivity contribution in [2.45, 2.75) is 31.8 Å². The molecule has 0 heterocycles.